The van der Waals surface area contributed by atoms with Crippen molar-refractivity contribution in [2.75, 3.05) is 0 Å². The summed E-state index contributed by atoms with van der Waals surface area (Å²) in [4.78, 5) is 30.4. The minimum Gasteiger partial charge on any atom is -0.423 e. The van der Waals surface area contributed by atoms with Gasteiger partial charge in [-0.1, -0.05) is 45.2 Å². The maximum absolute atomic E-state index is 12.6. The van der Waals surface area contributed by atoms with Crippen molar-refractivity contribution in [1.82, 2.24) is 19.9 Å². The van der Waals surface area contributed by atoms with Crippen molar-refractivity contribution in [3.8, 4) is 28.5 Å². The highest BCUT2D eigenvalue weighted by atomic mass is 16.5. The highest BCUT2D eigenvalue weighted by Gasteiger charge is 2.11. The van der Waals surface area contributed by atoms with Gasteiger partial charge in [0.05, 0.1) is 5.56 Å². The first-order chi connectivity index (χ1) is 17.2. The van der Waals surface area contributed by atoms with Gasteiger partial charge in [0.25, 0.3) is 0 Å². The Morgan fingerprint density at radius 2 is 1.17 bits per heavy atom. The van der Waals surface area contributed by atoms with Gasteiger partial charge in [-0.25, -0.2) is 24.7 Å². The molecule has 0 aliphatic heterocycles. The zero-order valence-electron chi connectivity index (χ0n) is 20.3. The van der Waals surface area contributed by atoms with E-state index in [4.69, 9.17) is 4.74 Å². The van der Waals surface area contributed by atoms with Crippen molar-refractivity contribution >= 4 is 5.97 Å². The number of benzene rings is 2. The SMILES string of the molecule is CCCCCc1cnc(-c2ccc(OC(=O)c3ccc(-c4ncc(CCC)cn4)cc3)cc2)nc1. The fraction of sp³-hybridized carbons (Fsp3) is 0.276. The lowest BCUT2D eigenvalue weighted by atomic mass is 10.1. The summed E-state index contributed by atoms with van der Waals surface area (Å²) in [7, 11) is 0. The number of nitrogens with zero attached hydrogens (tertiary/aromatic N) is 4. The Morgan fingerprint density at radius 1 is 0.657 bits per heavy atom. The summed E-state index contributed by atoms with van der Waals surface area (Å²) in [5.41, 5.74) is 4.46. The van der Waals surface area contributed by atoms with Crippen LogP contribution in [0.4, 0.5) is 0 Å². The highest BCUT2D eigenvalue weighted by Crippen LogP contribution is 2.21. The van der Waals surface area contributed by atoms with E-state index in [9.17, 15) is 4.79 Å². The first-order valence-electron chi connectivity index (χ1n) is 12.2. The Hall–Kier alpha value is -3.93. The second kappa shape index (κ2) is 12.0. The van der Waals surface area contributed by atoms with E-state index in [1.165, 1.54) is 12.8 Å². The van der Waals surface area contributed by atoms with E-state index in [0.717, 1.165) is 47.9 Å². The van der Waals surface area contributed by atoms with Crippen LogP contribution in [-0.2, 0) is 12.8 Å². The number of esters is 1. The van der Waals surface area contributed by atoms with Gasteiger partial charge < -0.3 is 4.74 Å². The molecule has 0 atom stereocenters. The maximum atomic E-state index is 12.6. The van der Waals surface area contributed by atoms with Gasteiger partial charge in [0.2, 0.25) is 0 Å². The molecule has 0 fully saturated rings. The number of ether oxygens (including phenoxy) is 1. The van der Waals surface area contributed by atoms with E-state index in [2.05, 4.69) is 33.8 Å². The number of carbonyl (C=O) groups is 1. The third-order valence-electron chi connectivity index (χ3n) is 5.72. The van der Waals surface area contributed by atoms with Gasteiger partial charge in [0.1, 0.15) is 5.75 Å². The number of hydrogen-bond acceptors (Lipinski definition) is 6. The van der Waals surface area contributed by atoms with E-state index < -0.39 is 5.97 Å². The van der Waals surface area contributed by atoms with Gasteiger partial charge in [-0.15, -0.1) is 0 Å². The Balaban J connectivity index is 1.35. The number of hydrogen-bond donors (Lipinski definition) is 0. The molecule has 6 nitrogen and oxygen atoms in total. The predicted molar refractivity (Wildman–Crippen MR) is 137 cm³/mol. The van der Waals surface area contributed by atoms with Crippen molar-refractivity contribution in [3.63, 3.8) is 0 Å². The first-order valence-corrected chi connectivity index (χ1v) is 12.2. The molecule has 4 aromatic rings. The fourth-order valence-corrected chi connectivity index (χ4v) is 3.73. The van der Waals surface area contributed by atoms with Gasteiger partial charge >= 0.3 is 5.97 Å². The summed E-state index contributed by atoms with van der Waals surface area (Å²) in [6, 6.07) is 14.3. The normalized spacial score (nSPS) is 10.8. The molecular weight excluding hydrogens is 436 g/mol. The lowest BCUT2D eigenvalue weighted by Gasteiger charge is -2.07. The summed E-state index contributed by atoms with van der Waals surface area (Å²) >= 11 is 0. The molecular formula is C29H30N4O2. The first kappa shape index (κ1) is 24.2. The average molecular weight is 467 g/mol. The van der Waals surface area contributed by atoms with Crippen LogP contribution in [0, 0.1) is 0 Å². The fourth-order valence-electron chi connectivity index (χ4n) is 3.73. The summed E-state index contributed by atoms with van der Waals surface area (Å²) in [5.74, 6) is 1.34. The van der Waals surface area contributed by atoms with Crippen LogP contribution in [0.5, 0.6) is 5.75 Å². The molecule has 35 heavy (non-hydrogen) atoms. The summed E-state index contributed by atoms with van der Waals surface area (Å²) in [5, 5.41) is 0. The van der Waals surface area contributed by atoms with Crippen LogP contribution < -0.4 is 4.74 Å². The molecule has 0 aliphatic rings. The Kier molecular flexibility index (Phi) is 8.28. The van der Waals surface area contributed by atoms with E-state index in [0.29, 0.717) is 23.0 Å². The van der Waals surface area contributed by atoms with Crippen LogP contribution in [0.1, 0.15) is 61.0 Å². The standard InChI is InChI=1S/C29H30N4O2/c1-3-5-6-8-22-19-32-28(33-20-22)24-13-15-26(16-14-24)35-29(34)25-11-9-23(10-12-25)27-30-17-21(7-4-2)18-31-27/h9-20H,3-8H2,1-2H3. The monoisotopic (exact) mass is 466 g/mol. The molecule has 2 aromatic heterocycles. The van der Waals surface area contributed by atoms with Gasteiger partial charge in [0, 0.05) is 35.9 Å². The molecule has 6 heteroatoms. The smallest absolute Gasteiger partial charge is 0.343 e. The van der Waals surface area contributed by atoms with E-state index in [1.54, 1.807) is 24.3 Å². The highest BCUT2D eigenvalue weighted by molar-refractivity contribution is 5.91. The molecule has 2 heterocycles. The predicted octanol–water partition coefficient (Wildman–Crippen LogP) is 6.51. The van der Waals surface area contributed by atoms with Crippen LogP contribution in [0.15, 0.2) is 73.3 Å². The van der Waals surface area contributed by atoms with Crippen LogP contribution >= 0.6 is 0 Å². The largest absolute Gasteiger partial charge is 0.423 e. The number of aryl methyl sites for hydroxylation is 2. The Morgan fingerprint density at radius 3 is 1.69 bits per heavy atom. The van der Waals surface area contributed by atoms with Crippen LogP contribution in [0.25, 0.3) is 22.8 Å². The number of rotatable bonds is 10. The third-order valence-corrected chi connectivity index (χ3v) is 5.72. The van der Waals surface area contributed by atoms with E-state index >= 15 is 0 Å². The van der Waals surface area contributed by atoms with Crippen molar-refractivity contribution in [2.24, 2.45) is 0 Å². The zero-order valence-corrected chi connectivity index (χ0v) is 20.3. The zero-order chi connectivity index (χ0) is 24.5. The maximum Gasteiger partial charge on any atom is 0.343 e. The molecule has 0 unspecified atom stereocenters. The van der Waals surface area contributed by atoms with Crippen molar-refractivity contribution in [3.05, 3.63) is 90.0 Å². The lowest BCUT2D eigenvalue weighted by molar-refractivity contribution is 0.0735. The lowest BCUT2D eigenvalue weighted by Crippen LogP contribution is -2.08. The molecule has 4 rings (SSSR count). The second-order valence-electron chi connectivity index (χ2n) is 8.53. The van der Waals surface area contributed by atoms with Crippen LogP contribution in [0.3, 0.4) is 0 Å². The van der Waals surface area contributed by atoms with E-state index in [-0.39, 0.29) is 0 Å². The van der Waals surface area contributed by atoms with E-state index in [1.807, 2.05) is 49.1 Å². The minimum absolute atomic E-state index is 0.420. The van der Waals surface area contributed by atoms with Gasteiger partial charge in [-0.05, 0) is 66.8 Å². The topological polar surface area (TPSA) is 77.9 Å². The summed E-state index contributed by atoms with van der Waals surface area (Å²) in [6.07, 6.45) is 14.1. The molecule has 2 aromatic carbocycles. The van der Waals surface area contributed by atoms with Gasteiger partial charge in [0.15, 0.2) is 11.6 Å². The molecule has 0 N–H and O–H groups in total. The molecule has 0 spiro atoms. The van der Waals surface area contributed by atoms with Crippen molar-refractivity contribution < 1.29 is 9.53 Å². The number of aromatic nitrogens is 4. The van der Waals surface area contributed by atoms with Crippen LogP contribution in [-0.4, -0.2) is 25.9 Å². The number of unbranched alkanes of at least 4 members (excludes halogenated alkanes) is 2. The van der Waals surface area contributed by atoms with Gasteiger partial charge in [-0.2, -0.15) is 0 Å². The quantitative estimate of drug-likeness (QED) is 0.151. The number of carbonyl (C=O) groups excluding carboxylic acids is 1. The molecule has 0 bridgehead atoms. The average Bonchev–Trinajstić information content (AvgIpc) is 2.90. The molecule has 178 valence electrons. The molecule has 0 radical (unpaired) electrons. The molecule has 0 amide bonds. The third kappa shape index (κ3) is 6.57. The minimum atomic E-state index is -0.420. The van der Waals surface area contributed by atoms with Crippen molar-refractivity contribution in [2.45, 2.75) is 52.4 Å². The van der Waals surface area contributed by atoms with Crippen LogP contribution in [0.2, 0.25) is 0 Å². The molecule has 0 saturated heterocycles. The Labute approximate surface area is 206 Å². The summed E-state index contributed by atoms with van der Waals surface area (Å²) < 4.78 is 5.54. The van der Waals surface area contributed by atoms with Gasteiger partial charge in [-0.3, -0.25) is 0 Å². The van der Waals surface area contributed by atoms with Crippen molar-refractivity contribution in [1.29, 1.82) is 0 Å². The second-order valence-corrected chi connectivity index (χ2v) is 8.53. The Bertz CT molecular complexity index is 1220. The molecule has 0 saturated carbocycles. The summed E-state index contributed by atoms with van der Waals surface area (Å²) in [6.45, 7) is 4.32. The molecule has 0 aliphatic carbocycles.